The summed E-state index contributed by atoms with van der Waals surface area (Å²) in [6.45, 7) is 4.50. The second kappa shape index (κ2) is 12.4. The first-order valence-electron chi connectivity index (χ1n) is 11.8. The maximum atomic E-state index is 12.5. The third-order valence-electron chi connectivity index (χ3n) is 6.10. The number of aryl methyl sites for hydroxylation is 1. The van der Waals surface area contributed by atoms with Gasteiger partial charge in [0.05, 0.1) is 13.2 Å². The monoisotopic (exact) mass is 460 g/mol. The summed E-state index contributed by atoms with van der Waals surface area (Å²) in [7, 11) is 1.59. The van der Waals surface area contributed by atoms with Gasteiger partial charge in [-0.15, -0.1) is 0 Å². The average Bonchev–Trinajstić information content (AvgIpc) is 3.27. The Balaban J connectivity index is 1.66. The van der Waals surface area contributed by atoms with E-state index in [1.807, 2.05) is 18.2 Å². The summed E-state index contributed by atoms with van der Waals surface area (Å²) in [5.41, 5.74) is 0.987. The molecule has 2 atom stereocenters. The molecule has 0 aromatic heterocycles. The van der Waals surface area contributed by atoms with E-state index in [9.17, 15) is 14.4 Å². The van der Waals surface area contributed by atoms with Crippen LogP contribution in [0.15, 0.2) is 18.2 Å². The Bertz CT molecular complexity index is 831. The second-order valence-electron chi connectivity index (χ2n) is 8.63. The van der Waals surface area contributed by atoms with E-state index < -0.39 is 0 Å². The Kier molecular flexibility index (Phi) is 9.35. The van der Waals surface area contributed by atoms with Crippen molar-refractivity contribution in [3.8, 4) is 11.5 Å². The molecule has 1 fully saturated rings. The Hall–Kier alpha value is -2.81. The Morgan fingerprint density at radius 3 is 2.67 bits per heavy atom. The first-order valence-corrected chi connectivity index (χ1v) is 11.8. The van der Waals surface area contributed by atoms with Crippen LogP contribution in [0.25, 0.3) is 0 Å². The number of amides is 3. The van der Waals surface area contributed by atoms with Crippen LogP contribution >= 0.6 is 0 Å². The van der Waals surface area contributed by atoms with Crippen LogP contribution in [-0.4, -0.2) is 74.6 Å². The van der Waals surface area contributed by atoms with Gasteiger partial charge in [-0.2, -0.15) is 0 Å². The Labute approximate surface area is 195 Å². The van der Waals surface area contributed by atoms with Crippen molar-refractivity contribution in [3.05, 3.63) is 23.8 Å². The predicted octanol–water partition coefficient (Wildman–Crippen LogP) is 1.00. The number of fused-ring (bicyclic) bond motifs is 15. The molecule has 3 aliphatic rings. The van der Waals surface area contributed by atoms with E-state index in [4.69, 9.17) is 9.47 Å². The molecule has 0 unspecified atom stereocenters. The van der Waals surface area contributed by atoms with Gasteiger partial charge in [-0.05, 0) is 43.4 Å². The number of methoxy groups -OCH3 is 1. The lowest BCUT2D eigenvalue weighted by Crippen LogP contribution is -2.41. The molecule has 0 saturated carbocycles. The van der Waals surface area contributed by atoms with Crippen molar-refractivity contribution in [2.45, 2.75) is 57.6 Å². The predicted molar refractivity (Wildman–Crippen MR) is 124 cm³/mol. The minimum Gasteiger partial charge on any atom is -0.493 e. The highest BCUT2D eigenvalue weighted by Gasteiger charge is 2.31. The lowest BCUT2D eigenvalue weighted by Gasteiger charge is -2.21. The van der Waals surface area contributed by atoms with Crippen molar-refractivity contribution in [2.24, 2.45) is 0 Å². The Morgan fingerprint density at radius 1 is 1.09 bits per heavy atom. The van der Waals surface area contributed by atoms with Gasteiger partial charge in [0, 0.05) is 52.5 Å². The fraction of sp³-hybridized carbons (Fsp3) is 0.625. The summed E-state index contributed by atoms with van der Waals surface area (Å²) < 4.78 is 11.6. The molecule has 9 heteroatoms. The highest BCUT2D eigenvalue weighted by Crippen LogP contribution is 2.30. The molecule has 182 valence electrons. The van der Waals surface area contributed by atoms with Crippen LogP contribution in [0.3, 0.4) is 0 Å². The summed E-state index contributed by atoms with van der Waals surface area (Å²) in [4.78, 5) is 38.4. The minimum absolute atomic E-state index is 0.00961. The standard InChI is InChI=1S/C24H36N4O5/c1-17(29)28-12-4-3-10-26-24(31)20-15-19(16-27-20)33-21-8-6-18(14-22(21)32-2)7-9-23(30)25-11-5-13-28/h6,8,14,19-20,27H,3-5,7,9-13,15-16H2,1-2H3,(H,25,30)(H,26,31)/t19-,20-/m0/s1. The van der Waals surface area contributed by atoms with Gasteiger partial charge in [-0.3, -0.25) is 14.4 Å². The molecule has 9 nitrogen and oxygen atoms in total. The molecule has 3 N–H and O–H groups in total. The molecule has 3 heterocycles. The second-order valence-corrected chi connectivity index (χ2v) is 8.63. The van der Waals surface area contributed by atoms with E-state index in [2.05, 4.69) is 16.0 Å². The molecule has 1 aromatic carbocycles. The topological polar surface area (TPSA) is 109 Å². The average molecular weight is 461 g/mol. The van der Waals surface area contributed by atoms with Crippen molar-refractivity contribution >= 4 is 17.7 Å². The number of ether oxygens (including phenoxy) is 2. The molecule has 1 aromatic rings. The summed E-state index contributed by atoms with van der Waals surface area (Å²) >= 11 is 0. The van der Waals surface area contributed by atoms with Crippen molar-refractivity contribution in [3.63, 3.8) is 0 Å². The molecule has 1 saturated heterocycles. The van der Waals surface area contributed by atoms with Gasteiger partial charge in [-0.25, -0.2) is 0 Å². The van der Waals surface area contributed by atoms with E-state index in [0.29, 0.717) is 69.9 Å². The number of carbonyl (C=O) groups excluding carboxylic acids is 3. The van der Waals surface area contributed by atoms with Crippen molar-refractivity contribution in [1.29, 1.82) is 0 Å². The molecule has 33 heavy (non-hydrogen) atoms. The van der Waals surface area contributed by atoms with Crippen LogP contribution < -0.4 is 25.4 Å². The highest BCUT2D eigenvalue weighted by molar-refractivity contribution is 5.82. The van der Waals surface area contributed by atoms with Crippen molar-refractivity contribution < 1.29 is 23.9 Å². The van der Waals surface area contributed by atoms with E-state index in [1.54, 1.807) is 18.9 Å². The lowest BCUT2D eigenvalue weighted by molar-refractivity contribution is -0.129. The molecular weight excluding hydrogens is 424 g/mol. The van der Waals surface area contributed by atoms with Gasteiger partial charge in [-0.1, -0.05) is 6.07 Å². The smallest absolute Gasteiger partial charge is 0.237 e. The number of benzene rings is 1. The first-order chi connectivity index (χ1) is 16.0. The molecule has 3 aliphatic heterocycles. The van der Waals surface area contributed by atoms with Crippen molar-refractivity contribution in [2.75, 3.05) is 39.8 Å². The Morgan fingerprint density at radius 2 is 1.88 bits per heavy atom. The largest absolute Gasteiger partial charge is 0.493 e. The molecule has 4 rings (SSSR count). The number of nitrogens with one attached hydrogen (secondary N) is 3. The van der Waals surface area contributed by atoms with E-state index in [0.717, 1.165) is 18.4 Å². The van der Waals surface area contributed by atoms with Gasteiger partial charge in [0.2, 0.25) is 17.7 Å². The summed E-state index contributed by atoms with van der Waals surface area (Å²) in [5.74, 6) is 1.25. The maximum Gasteiger partial charge on any atom is 0.237 e. The molecule has 0 spiro atoms. The lowest BCUT2D eigenvalue weighted by atomic mass is 10.1. The minimum atomic E-state index is -0.287. The van der Waals surface area contributed by atoms with Gasteiger partial charge >= 0.3 is 0 Å². The fourth-order valence-corrected chi connectivity index (χ4v) is 4.17. The normalized spacial score (nSPS) is 23.5. The number of carbonyl (C=O) groups is 3. The van der Waals surface area contributed by atoms with Crippen molar-refractivity contribution in [1.82, 2.24) is 20.9 Å². The summed E-state index contributed by atoms with van der Waals surface area (Å²) in [5, 5.41) is 9.15. The van der Waals surface area contributed by atoms with Gasteiger partial charge in [0.15, 0.2) is 11.5 Å². The molecule has 4 bridgehead atoms. The summed E-state index contributed by atoms with van der Waals surface area (Å²) in [6.07, 6.45) is 3.73. The number of hydrogen-bond donors (Lipinski definition) is 3. The van der Waals surface area contributed by atoms with Crippen LogP contribution in [0, 0.1) is 0 Å². The third-order valence-corrected chi connectivity index (χ3v) is 6.10. The molecule has 3 amide bonds. The quantitative estimate of drug-likeness (QED) is 0.577. The zero-order valence-corrected chi connectivity index (χ0v) is 19.7. The molecule has 0 radical (unpaired) electrons. The zero-order valence-electron chi connectivity index (χ0n) is 19.7. The number of rotatable bonds is 1. The van der Waals surface area contributed by atoms with Crippen LogP contribution in [0.2, 0.25) is 0 Å². The van der Waals surface area contributed by atoms with Gasteiger partial charge in [0.25, 0.3) is 0 Å². The zero-order chi connectivity index (χ0) is 23.6. The molecule has 0 aliphatic carbocycles. The fourth-order valence-electron chi connectivity index (χ4n) is 4.17. The van der Waals surface area contributed by atoms with E-state index in [1.165, 1.54) is 0 Å². The van der Waals surface area contributed by atoms with Crippen LogP contribution in [0.1, 0.15) is 44.6 Å². The number of hydrogen-bond acceptors (Lipinski definition) is 6. The first kappa shape index (κ1) is 24.8. The van der Waals surface area contributed by atoms with Gasteiger partial charge in [0.1, 0.15) is 6.10 Å². The highest BCUT2D eigenvalue weighted by atomic mass is 16.5. The maximum absolute atomic E-state index is 12.5. The van der Waals surface area contributed by atoms with Crippen LogP contribution in [-0.2, 0) is 20.8 Å². The van der Waals surface area contributed by atoms with E-state index >= 15 is 0 Å². The molecular formula is C24H36N4O5. The van der Waals surface area contributed by atoms with Crippen LogP contribution in [0.4, 0.5) is 0 Å². The SMILES string of the molecule is COc1cc2ccc1O[C@@H]1CN[C@@H](C1)C(=O)NCCCCN(C(C)=O)CCCNC(=O)CC2. The summed E-state index contributed by atoms with van der Waals surface area (Å²) in [6, 6.07) is 5.41. The van der Waals surface area contributed by atoms with Gasteiger partial charge < -0.3 is 30.3 Å². The third kappa shape index (κ3) is 7.63. The number of nitrogens with zero attached hydrogens (tertiary/aromatic N) is 1. The van der Waals surface area contributed by atoms with Crippen LogP contribution in [0.5, 0.6) is 11.5 Å². The van der Waals surface area contributed by atoms with E-state index in [-0.39, 0.29) is 29.9 Å².